The summed E-state index contributed by atoms with van der Waals surface area (Å²) in [4.78, 5) is 2.23. The van der Waals surface area contributed by atoms with E-state index < -0.39 is 6.17 Å². The van der Waals surface area contributed by atoms with Gasteiger partial charge in [-0.2, -0.15) is 0 Å². The van der Waals surface area contributed by atoms with Gasteiger partial charge in [-0.25, -0.2) is 4.39 Å². The fraction of sp³-hybridized carbons (Fsp3) is 1.00. The van der Waals surface area contributed by atoms with E-state index >= 15 is 0 Å². The van der Waals surface area contributed by atoms with Gasteiger partial charge in [-0.3, -0.25) is 0 Å². The lowest BCUT2D eigenvalue weighted by molar-refractivity contribution is 0.0274. The maximum absolute atomic E-state index is 12.8. The van der Waals surface area contributed by atoms with Gasteiger partial charge in [-0.15, -0.1) is 0 Å². The van der Waals surface area contributed by atoms with Crippen molar-refractivity contribution in [2.75, 3.05) is 19.6 Å². The summed E-state index contributed by atoms with van der Waals surface area (Å²) in [5, 5.41) is 0. The average molecular weight is 129 g/mol. The molecule has 9 heavy (non-hydrogen) atoms. The molecule has 0 spiro atoms. The van der Waals surface area contributed by atoms with Crippen molar-refractivity contribution in [1.82, 2.24) is 4.90 Å². The summed E-state index contributed by atoms with van der Waals surface area (Å²) in [5.74, 6) is 0.412. The Morgan fingerprint density at radius 2 is 1.89 bits per heavy atom. The third-order valence-corrected chi connectivity index (χ3v) is 2.58. The van der Waals surface area contributed by atoms with Crippen LogP contribution in [0.3, 0.4) is 0 Å². The van der Waals surface area contributed by atoms with E-state index in [0.29, 0.717) is 12.5 Å². The summed E-state index contributed by atoms with van der Waals surface area (Å²) in [6, 6.07) is 0. The fourth-order valence-electron chi connectivity index (χ4n) is 1.89. The molecule has 0 N–H and O–H groups in total. The Balaban J connectivity index is 2.06. The molecule has 2 bridgehead atoms. The van der Waals surface area contributed by atoms with Gasteiger partial charge in [0.25, 0.3) is 0 Å². The maximum atomic E-state index is 12.8. The monoisotopic (exact) mass is 129 g/mol. The molecule has 0 aromatic carbocycles. The van der Waals surface area contributed by atoms with Crippen LogP contribution in [0.25, 0.3) is 0 Å². The predicted octanol–water partition coefficient (Wildman–Crippen LogP) is 1.05. The lowest BCUT2D eigenvalue weighted by Crippen LogP contribution is -2.48. The van der Waals surface area contributed by atoms with Crippen LogP contribution in [-0.2, 0) is 0 Å². The van der Waals surface area contributed by atoms with Crippen LogP contribution in [0.4, 0.5) is 4.39 Å². The molecule has 3 fully saturated rings. The van der Waals surface area contributed by atoms with Gasteiger partial charge in [0.1, 0.15) is 6.17 Å². The summed E-state index contributed by atoms with van der Waals surface area (Å²) >= 11 is 0. The van der Waals surface area contributed by atoms with Crippen LogP contribution < -0.4 is 0 Å². The van der Waals surface area contributed by atoms with E-state index in [4.69, 9.17) is 0 Å². The number of nitrogens with zero attached hydrogens (tertiary/aromatic N) is 1. The maximum Gasteiger partial charge on any atom is 0.116 e. The van der Waals surface area contributed by atoms with Crippen LogP contribution in [0.2, 0.25) is 0 Å². The van der Waals surface area contributed by atoms with Crippen LogP contribution in [0.5, 0.6) is 0 Å². The summed E-state index contributed by atoms with van der Waals surface area (Å²) in [6.07, 6.45) is 1.69. The second-order valence-corrected chi connectivity index (χ2v) is 3.15. The molecule has 0 saturated carbocycles. The highest BCUT2D eigenvalue weighted by Gasteiger charge is 2.33. The number of alkyl halides is 1. The first-order chi connectivity index (χ1) is 4.36. The Hall–Kier alpha value is -0.110. The second-order valence-electron chi connectivity index (χ2n) is 3.15. The van der Waals surface area contributed by atoms with E-state index in [0.717, 1.165) is 25.9 Å². The second kappa shape index (κ2) is 1.94. The number of fused-ring (bicyclic) bond motifs is 3. The van der Waals surface area contributed by atoms with E-state index in [-0.39, 0.29) is 0 Å². The van der Waals surface area contributed by atoms with E-state index in [1.54, 1.807) is 0 Å². The van der Waals surface area contributed by atoms with Crippen molar-refractivity contribution in [1.29, 1.82) is 0 Å². The topological polar surface area (TPSA) is 3.24 Å². The van der Waals surface area contributed by atoms with Gasteiger partial charge < -0.3 is 4.90 Å². The third kappa shape index (κ3) is 0.855. The molecule has 3 heterocycles. The molecule has 1 unspecified atom stereocenters. The smallest absolute Gasteiger partial charge is 0.116 e. The van der Waals surface area contributed by atoms with Gasteiger partial charge in [-0.1, -0.05) is 0 Å². The molecule has 3 saturated heterocycles. The first-order valence-electron chi connectivity index (χ1n) is 3.72. The van der Waals surface area contributed by atoms with Gasteiger partial charge in [0.2, 0.25) is 0 Å². The lowest BCUT2D eigenvalue weighted by atomic mass is 9.87. The van der Waals surface area contributed by atoms with E-state index in [1.165, 1.54) is 0 Å². The first-order valence-corrected chi connectivity index (χ1v) is 3.72. The molecule has 0 radical (unpaired) electrons. The van der Waals surface area contributed by atoms with Crippen molar-refractivity contribution < 1.29 is 4.39 Å². The van der Waals surface area contributed by atoms with Gasteiger partial charge in [-0.05, 0) is 31.8 Å². The molecule has 0 aromatic rings. The van der Waals surface area contributed by atoms with Gasteiger partial charge in [0.05, 0.1) is 0 Å². The fourth-order valence-corrected chi connectivity index (χ4v) is 1.89. The Labute approximate surface area is 54.8 Å². The largest absolute Gasteiger partial charge is 0.300 e. The van der Waals surface area contributed by atoms with Crippen molar-refractivity contribution in [2.24, 2.45) is 5.92 Å². The third-order valence-electron chi connectivity index (χ3n) is 2.58. The van der Waals surface area contributed by atoms with Crippen molar-refractivity contribution in [3.05, 3.63) is 0 Å². The van der Waals surface area contributed by atoms with Crippen LogP contribution in [0.15, 0.2) is 0 Å². The number of hydrogen-bond donors (Lipinski definition) is 0. The first kappa shape index (κ1) is 5.66. The molecule has 1 nitrogen and oxygen atoms in total. The van der Waals surface area contributed by atoms with Crippen molar-refractivity contribution in [3.63, 3.8) is 0 Å². The average Bonchev–Trinajstić information content (AvgIpc) is 1.90. The zero-order valence-electron chi connectivity index (χ0n) is 5.52. The zero-order valence-corrected chi connectivity index (χ0v) is 5.52. The van der Waals surface area contributed by atoms with Gasteiger partial charge >= 0.3 is 0 Å². The highest BCUT2D eigenvalue weighted by atomic mass is 19.1. The Morgan fingerprint density at radius 1 is 1.22 bits per heavy atom. The summed E-state index contributed by atoms with van der Waals surface area (Å²) in [7, 11) is 0. The number of hydrogen-bond acceptors (Lipinski definition) is 1. The summed E-state index contributed by atoms with van der Waals surface area (Å²) < 4.78 is 12.8. The molecule has 0 aromatic heterocycles. The summed E-state index contributed by atoms with van der Waals surface area (Å²) in [6.45, 7) is 3.00. The molecule has 3 rings (SSSR count). The molecule has 52 valence electrons. The number of piperidine rings is 3. The Morgan fingerprint density at radius 3 is 2.11 bits per heavy atom. The van der Waals surface area contributed by atoms with Crippen molar-refractivity contribution in [2.45, 2.75) is 19.0 Å². The Bertz CT molecular complexity index is 107. The van der Waals surface area contributed by atoms with Gasteiger partial charge in [0.15, 0.2) is 0 Å². The van der Waals surface area contributed by atoms with Gasteiger partial charge in [0, 0.05) is 6.54 Å². The normalized spacial score (nSPS) is 49.7. The minimum absolute atomic E-state index is 0.412. The Kier molecular flexibility index (Phi) is 1.22. The van der Waals surface area contributed by atoms with Crippen molar-refractivity contribution >= 4 is 0 Å². The lowest BCUT2D eigenvalue weighted by Gasteiger charge is -2.41. The minimum atomic E-state index is -0.507. The van der Waals surface area contributed by atoms with E-state index in [1.807, 2.05) is 0 Å². The quantitative estimate of drug-likeness (QED) is 0.472. The number of halogens is 1. The van der Waals surface area contributed by atoms with Crippen LogP contribution in [-0.4, -0.2) is 30.7 Å². The highest BCUT2D eigenvalue weighted by molar-refractivity contribution is 4.86. The van der Waals surface area contributed by atoms with Crippen LogP contribution in [0.1, 0.15) is 12.8 Å². The molecule has 2 heteroatoms. The molecule has 3 aliphatic heterocycles. The number of rotatable bonds is 0. The molecular formula is C7H12FN. The van der Waals surface area contributed by atoms with Crippen molar-refractivity contribution in [3.8, 4) is 0 Å². The molecule has 0 amide bonds. The molecule has 0 aliphatic carbocycles. The molecular weight excluding hydrogens is 117 g/mol. The van der Waals surface area contributed by atoms with Crippen LogP contribution in [0, 0.1) is 5.92 Å². The van der Waals surface area contributed by atoms with Crippen LogP contribution >= 0.6 is 0 Å². The molecule has 3 aliphatic rings. The SMILES string of the molecule is FC1CN2CCC1CC2. The predicted molar refractivity (Wildman–Crippen MR) is 34.1 cm³/mol. The highest BCUT2D eigenvalue weighted by Crippen LogP contribution is 2.29. The molecule has 1 atom stereocenters. The minimum Gasteiger partial charge on any atom is -0.300 e. The van der Waals surface area contributed by atoms with E-state index in [2.05, 4.69) is 4.90 Å². The standard InChI is InChI=1S/C7H12FN/c8-7-5-9-3-1-6(7)2-4-9/h6-7H,1-5H2. The zero-order chi connectivity index (χ0) is 6.27. The summed E-state index contributed by atoms with van der Waals surface area (Å²) in [5.41, 5.74) is 0. The van der Waals surface area contributed by atoms with E-state index in [9.17, 15) is 4.39 Å².